The molecule has 0 saturated carbocycles. The van der Waals surface area contributed by atoms with Crippen LogP contribution in [-0.4, -0.2) is 23.8 Å². The zero-order chi connectivity index (χ0) is 28.5. The maximum absolute atomic E-state index is 12.9. The molecule has 0 aliphatic carbocycles. The Morgan fingerprint density at radius 3 is 2.05 bits per heavy atom. The van der Waals surface area contributed by atoms with Crippen LogP contribution in [0.5, 0.6) is 5.75 Å². The summed E-state index contributed by atoms with van der Waals surface area (Å²) in [7, 11) is 0. The molecule has 0 saturated heterocycles. The summed E-state index contributed by atoms with van der Waals surface area (Å²) in [6.45, 7) is 4.78. The van der Waals surface area contributed by atoms with E-state index in [-0.39, 0.29) is 36.8 Å². The lowest BCUT2D eigenvalue weighted by molar-refractivity contribution is -0.274. The molecular formula is C33H32F3NO3. The monoisotopic (exact) mass is 547 g/mol. The average Bonchev–Trinajstić information content (AvgIpc) is 2.95. The average molecular weight is 548 g/mol. The SMILES string of the molecule is CCOC(=O)C[C@@H](c1cccc(-c2ccc(OC(F)(F)F)cc2)c1)N(Cc1ccccc1)[C@H](C)c1ccccc1. The third kappa shape index (κ3) is 7.96. The second-order valence-corrected chi connectivity index (χ2v) is 9.47. The normalized spacial score (nSPS) is 13.1. The van der Waals surface area contributed by atoms with Crippen LogP contribution in [-0.2, 0) is 16.1 Å². The highest BCUT2D eigenvalue weighted by atomic mass is 19.4. The van der Waals surface area contributed by atoms with Crippen molar-refractivity contribution in [1.29, 1.82) is 0 Å². The van der Waals surface area contributed by atoms with E-state index in [1.807, 2.05) is 60.7 Å². The topological polar surface area (TPSA) is 38.8 Å². The van der Waals surface area contributed by atoms with Crippen molar-refractivity contribution in [3.05, 3.63) is 126 Å². The smallest absolute Gasteiger partial charge is 0.466 e. The molecule has 0 radical (unpaired) electrons. The zero-order valence-electron chi connectivity index (χ0n) is 22.5. The van der Waals surface area contributed by atoms with Gasteiger partial charge in [0, 0.05) is 18.6 Å². The molecule has 0 aromatic heterocycles. The van der Waals surface area contributed by atoms with Crippen molar-refractivity contribution >= 4 is 5.97 Å². The third-order valence-corrected chi connectivity index (χ3v) is 6.75. The van der Waals surface area contributed by atoms with E-state index in [0.29, 0.717) is 6.54 Å². The largest absolute Gasteiger partial charge is 0.573 e. The van der Waals surface area contributed by atoms with Gasteiger partial charge < -0.3 is 9.47 Å². The van der Waals surface area contributed by atoms with E-state index in [2.05, 4.69) is 40.8 Å². The number of benzene rings is 4. The first-order chi connectivity index (χ1) is 19.2. The van der Waals surface area contributed by atoms with Gasteiger partial charge in [-0.2, -0.15) is 0 Å². The van der Waals surface area contributed by atoms with E-state index in [4.69, 9.17) is 4.74 Å². The summed E-state index contributed by atoms with van der Waals surface area (Å²) in [6.07, 6.45) is -4.61. The molecule has 0 amide bonds. The second kappa shape index (κ2) is 13.3. The summed E-state index contributed by atoms with van der Waals surface area (Å²) < 4.78 is 47.3. The summed E-state index contributed by atoms with van der Waals surface area (Å²) >= 11 is 0. The van der Waals surface area contributed by atoms with Gasteiger partial charge in [0.1, 0.15) is 5.75 Å². The van der Waals surface area contributed by atoms with Gasteiger partial charge in [-0.3, -0.25) is 9.69 Å². The Hall–Kier alpha value is -4.10. The van der Waals surface area contributed by atoms with Gasteiger partial charge >= 0.3 is 12.3 Å². The standard InChI is InChI=1S/C33H32F3NO3/c1-3-39-32(38)22-31(37(23-25-11-6-4-7-12-25)24(2)26-13-8-5-9-14-26)29-16-10-15-28(21-29)27-17-19-30(20-18-27)40-33(34,35)36/h4-21,24,31H,3,22-23H2,1-2H3/t24-,31+/m1/s1. The molecule has 4 rings (SSSR count). The van der Waals surface area contributed by atoms with Crippen molar-refractivity contribution in [2.45, 2.75) is 45.3 Å². The van der Waals surface area contributed by atoms with E-state index < -0.39 is 6.36 Å². The Bertz CT molecular complexity index is 1360. The first-order valence-electron chi connectivity index (χ1n) is 13.2. The number of esters is 1. The van der Waals surface area contributed by atoms with E-state index in [1.165, 1.54) is 12.1 Å². The van der Waals surface area contributed by atoms with Gasteiger partial charge in [0.2, 0.25) is 0 Å². The predicted molar refractivity (Wildman–Crippen MR) is 149 cm³/mol. The highest BCUT2D eigenvalue weighted by molar-refractivity contribution is 5.71. The Morgan fingerprint density at radius 1 is 0.800 bits per heavy atom. The fraction of sp³-hybridized carbons (Fsp3) is 0.242. The molecule has 0 fully saturated rings. The summed E-state index contributed by atoms with van der Waals surface area (Å²) in [6, 6.07) is 33.4. The van der Waals surface area contributed by atoms with E-state index in [0.717, 1.165) is 27.8 Å². The summed E-state index contributed by atoms with van der Waals surface area (Å²) in [4.78, 5) is 15.2. The summed E-state index contributed by atoms with van der Waals surface area (Å²) in [5, 5.41) is 0. The van der Waals surface area contributed by atoms with Crippen LogP contribution >= 0.6 is 0 Å². The number of halogens is 3. The lowest BCUT2D eigenvalue weighted by Gasteiger charge is -2.37. The van der Waals surface area contributed by atoms with Gasteiger partial charge in [-0.1, -0.05) is 91.0 Å². The summed E-state index contributed by atoms with van der Waals surface area (Å²) in [5.41, 5.74) is 4.67. The number of ether oxygens (including phenoxy) is 2. The Morgan fingerprint density at radius 2 is 1.43 bits per heavy atom. The van der Waals surface area contributed by atoms with Crippen molar-refractivity contribution in [2.75, 3.05) is 6.61 Å². The van der Waals surface area contributed by atoms with Crippen molar-refractivity contribution in [3.63, 3.8) is 0 Å². The predicted octanol–water partition coefficient (Wildman–Crippen LogP) is 8.51. The molecule has 0 N–H and O–H groups in total. The van der Waals surface area contributed by atoms with Crippen molar-refractivity contribution in [2.24, 2.45) is 0 Å². The third-order valence-electron chi connectivity index (χ3n) is 6.75. The Balaban J connectivity index is 1.73. The van der Waals surface area contributed by atoms with Gasteiger partial charge in [0.25, 0.3) is 0 Å². The minimum Gasteiger partial charge on any atom is -0.466 e. The molecule has 7 heteroatoms. The molecule has 0 aliphatic rings. The van der Waals surface area contributed by atoms with Crippen LogP contribution < -0.4 is 4.74 Å². The van der Waals surface area contributed by atoms with Crippen LogP contribution in [0.3, 0.4) is 0 Å². The van der Waals surface area contributed by atoms with Gasteiger partial charge in [0.15, 0.2) is 0 Å². The van der Waals surface area contributed by atoms with Gasteiger partial charge in [-0.15, -0.1) is 13.2 Å². The molecule has 4 nitrogen and oxygen atoms in total. The number of alkyl halides is 3. The molecule has 2 atom stereocenters. The van der Waals surface area contributed by atoms with Gasteiger partial charge in [-0.05, 0) is 59.9 Å². The van der Waals surface area contributed by atoms with Crippen LogP contribution in [0.2, 0.25) is 0 Å². The van der Waals surface area contributed by atoms with E-state index in [9.17, 15) is 18.0 Å². The molecule has 0 spiro atoms. The fourth-order valence-electron chi connectivity index (χ4n) is 4.81. The fourth-order valence-corrected chi connectivity index (χ4v) is 4.81. The number of rotatable bonds is 11. The molecule has 208 valence electrons. The molecule has 4 aromatic carbocycles. The molecule has 0 unspecified atom stereocenters. The van der Waals surface area contributed by atoms with Crippen LogP contribution in [0.4, 0.5) is 13.2 Å². The van der Waals surface area contributed by atoms with Gasteiger partial charge in [0.05, 0.1) is 13.0 Å². The lowest BCUT2D eigenvalue weighted by atomic mass is 9.94. The lowest BCUT2D eigenvalue weighted by Crippen LogP contribution is -2.33. The number of carbonyl (C=O) groups is 1. The quantitative estimate of drug-likeness (QED) is 0.177. The highest BCUT2D eigenvalue weighted by Gasteiger charge is 2.31. The van der Waals surface area contributed by atoms with Crippen molar-refractivity contribution in [3.8, 4) is 16.9 Å². The minimum absolute atomic E-state index is 0.0386. The van der Waals surface area contributed by atoms with Crippen molar-refractivity contribution < 1.29 is 27.4 Å². The first-order valence-corrected chi connectivity index (χ1v) is 13.2. The van der Waals surface area contributed by atoms with Crippen LogP contribution in [0.25, 0.3) is 11.1 Å². The van der Waals surface area contributed by atoms with E-state index in [1.54, 1.807) is 19.1 Å². The highest BCUT2D eigenvalue weighted by Crippen LogP contribution is 2.37. The number of carbonyl (C=O) groups excluding carboxylic acids is 1. The molecule has 0 heterocycles. The maximum atomic E-state index is 12.9. The van der Waals surface area contributed by atoms with Crippen molar-refractivity contribution in [1.82, 2.24) is 4.90 Å². The van der Waals surface area contributed by atoms with Crippen LogP contribution in [0.1, 0.15) is 49.0 Å². The zero-order valence-corrected chi connectivity index (χ0v) is 22.5. The minimum atomic E-state index is -4.75. The molecule has 0 bridgehead atoms. The Labute approximate surface area is 233 Å². The number of nitrogens with zero attached hydrogens (tertiary/aromatic N) is 1. The van der Waals surface area contributed by atoms with E-state index >= 15 is 0 Å². The first kappa shape index (κ1) is 28.9. The molecule has 0 aliphatic heterocycles. The number of hydrogen-bond acceptors (Lipinski definition) is 4. The maximum Gasteiger partial charge on any atom is 0.573 e. The summed E-state index contributed by atoms with van der Waals surface area (Å²) in [5.74, 6) is -0.580. The molecule has 4 aromatic rings. The van der Waals surface area contributed by atoms with Crippen LogP contribution in [0.15, 0.2) is 109 Å². The van der Waals surface area contributed by atoms with Crippen LogP contribution in [0, 0.1) is 0 Å². The number of hydrogen-bond donors (Lipinski definition) is 0. The van der Waals surface area contributed by atoms with Gasteiger partial charge in [-0.25, -0.2) is 0 Å². The molecule has 40 heavy (non-hydrogen) atoms. The second-order valence-electron chi connectivity index (χ2n) is 9.47. The molecular weight excluding hydrogens is 515 g/mol. The Kier molecular flexibility index (Phi) is 9.61.